The first-order valence-corrected chi connectivity index (χ1v) is 8.10. The van der Waals surface area contributed by atoms with Crippen molar-refractivity contribution in [2.24, 2.45) is 11.8 Å². The van der Waals surface area contributed by atoms with Crippen molar-refractivity contribution in [1.29, 1.82) is 0 Å². The molecule has 1 N–H and O–H groups in total. The molecule has 1 aromatic rings. The number of likely N-dealkylation sites (tertiary alicyclic amines) is 1. The van der Waals surface area contributed by atoms with Crippen LogP contribution in [-0.2, 0) is 22.7 Å². The molecule has 1 aromatic heterocycles. The molecule has 0 spiro atoms. The monoisotopic (exact) mass is 304 g/mol. The van der Waals surface area contributed by atoms with Crippen LogP contribution in [0.3, 0.4) is 0 Å². The number of amides is 2. The van der Waals surface area contributed by atoms with E-state index in [4.69, 9.17) is 0 Å². The Kier molecular flexibility index (Phi) is 4.18. The van der Waals surface area contributed by atoms with Crippen LogP contribution in [0.2, 0.25) is 0 Å². The lowest BCUT2D eigenvalue weighted by molar-refractivity contribution is -0.129. The summed E-state index contributed by atoms with van der Waals surface area (Å²) in [5, 5.41) is 2.96. The van der Waals surface area contributed by atoms with Gasteiger partial charge in [0.05, 0.1) is 24.5 Å². The SMILES string of the molecule is CC(C)Cn1cncc1CNC(=O)[C@H]1CC(=O)N(C2CC2)C1. The standard InChI is InChI=1S/C16H24N4O2/c1-11(2)8-19-10-17-6-14(19)7-18-16(22)12-5-15(21)20(9-12)13-3-4-13/h6,10-13H,3-5,7-9H2,1-2H3,(H,18,22)/t12-/m0/s1. The first kappa shape index (κ1) is 15.1. The molecule has 0 aromatic carbocycles. The summed E-state index contributed by atoms with van der Waals surface area (Å²) in [6.07, 6.45) is 6.13. The molecular weight excluding hydrogens is 280 g/mol. The molecule has 3 rings (SSSR count). The predicted molar refractivity (Wildman–Crippen MR) is 81.8 cm³/mol. The number of imidazole rings is 1. The predicted octanol–water partition coefficient (Wildman–Crippen LogP) is 1.17. The highest BCUT2D eigenvalue weighted by Gasteiger charge is 2.41. The van der Waals surface area contributed by atoms with Crippen molar-refractivity contribution >= 4 is 11.8 Å². The lowest BCUT2D eigenvalue weighted by Gasteiger charge is -2.15. The minimum absolute atomic E-state index is 0.0196. The van der Waals surface area contributed by atoms with Crippen LogP contribution in [0.4, 0.5) is 0 Å². The van der Waals surface area contributed by atoms with Crippen LogP contribution in [0.5, 0.6) is 0 Å². The summed E-state index contributed by atoms with van der Waals surface area (Å²) in [5.74, 6) is 0.444. The van der Waals surface area contributed by atoms with Crippen LogP contribution in [0.25, 0.3) is 0 Å². The number of aromatic nitrogens is 2. The fraction of sp³-hybridized carbons (Fsp3) is 0.688. The van der Waals surface area contributed by atoms with E-state index in [0.29, 0.717) is 31.5 Å². The van der Waals surface area contributed by atoms with Crippen LogP contribution in [0, 0.1) is 11.8 Å². The number of hydrogen-bond donors (Lipinski definition) is 1. The molecule has 1 saturated heterocycles. The van der Waals surface area contributed by atoms with Crippen molar-refractivity contribution in [3.05, 3.63) is 18.2 Å². The van der Waals surface area contributed by atoms with Gasteiger partial charge in [-0.3, -0.25) is 9.59 Å². The van der Waals surface area contributed by atoms with Crippen molar-refractivity contribution in [1.82, 2.24) is 19.8 Å². The van der Waals surface area contributed by atoms with Gasteiger partial charge < -0.3 is 14.8 Å². The second-order valence-electron chi connectivity index (χ2n) is 6.83. The van der Waals surface area contributed by atoms with Crippen molar-refractivity contribution in [2.45, 2.75) is 52.2 Å². The Bertz CT molecular complexity index is 562. The van der Waals surface area contributed by atoms with Crippen molar-refractivity contribution in [3.8, 4) is 0 Å². The zero-order valence-electron chi connectivity index (χ0n) is 13.3. The number of rotatable bonds is 6. The Labute approximate surface area is 130 Å². The molecule has 2 aliphatic rings. The Morgan fingerprint density at radius 2 is 2.23 bits per heavy atom. The van der Waals surface area contributed by atoms with Gasteiger partial charge in [0.25, 0.3) is 0 Å². The lowest BCUT2D eigenvalue weighted by Crippen LogP contribution is -2.33. The average molecular weight is 304 g/mol. The quantitative estimate of drug-likeness (QED) is 0.858. The molecule has 22 heavy (non-hydrogen) atoms. The number of hydrogen-bond acceptors (Lipinski definition) is 3. The van der Waals surface area contributed by atoms with Gasteiger partial charge in [0.2, 0.25) is 11.8 Å². The lowest BCUT2D eigenvalue weighted by atomic mass is 10.1. The van der Waals surface area contributed by atoms with Gasteiger partial charge in [-0.25, -0.2) is 4.98 Å². The Morgan fingerprint density at radius 3 is 2.91 bits per heavy atom. The highest BCUT2D eigenvalue weighted by molar-refractivity contribution is 5.89. The first-order valence-electron chi connectivity index (χ1n) is 8.10. The molecule has 6 heteroatoms. The number of nitrogens with one attached hydrogen (secondary N) is 1. The minimum Gasteiger partial charge on any atom is -0.350 e. The molecule has 1 aliphatic heterocycles. The van der Waals surface area contributed by atoms with Crippen molar-refractivity contribution in [2.75, 3.05) is 6.54 Å². The van der Waals surface area contributed by atoms with Gasteiger partial charge in [0, 0.05) is 31.7 Å². The van der Waals surface area contributed by atoms with E-state index in [1.54, 1.807) is 12.5 Å². The van der Waals surface area contributed by atoms with Crippen LogP contribution < -0.4 is 5.32 Å². The van der Waals surface area contributed by atoms with Gasteiger partial charge in [-0.2, -0.15) is 0 Å². The highest BCUT2D eigenvalue weighted by atomic mass is 16.2. The second-order valence-corrected chi connectivity index (χ2v) is 6.83. The summed E-state index contributed by atoms with van der Waals surface area (Å²) >= 11 is 0. The summed E-state index contributed by atoms with van der Waals surface area (Å²) in [5.41, 5.74) is 1.01. The molecule has 0 unspecified atom stereocenters. The van der Waals surface area contributed by atoms with E-state index in [9.17, 15) is 9.59 Å². The van der Waals surface area contributed by atoms with Crippen LogP contribution >= 0.6 is 0 Å². The number of carbonyl (C=O) groups is 2. The Morgan fingerprint density at radius 1 is 1.45 bits per heavy atom. The largest absolute Gasteiger partial charge is 0.350 e. The van der Waals surface area contributed by atoms with Gasteiger partial charge in [-0.15, -0.1) is 0 Å². The summed E-state index contributed by atoms with van der Waals surface area (Å²) in [7, 11) is 0. The van der Waals surface area contributed by atoms with E-state index in [1.807, 2.05) is 4.90 Å². The number of carbonyl (C=O) groups excluding carboxylic acids is 2. The fourth-order valence-corrected chi connectivity index (χ4v) is 3.02. The summed E-state index contributed by atoms with van der Waals surface area (Å²) in [6.45, 7) is 6.25. The number of nitrogens with zero attached hydrogens (tertiary/aromatic N) is 3. The smallest absolute Gasteiger partial charge is 0.225 e. The summed E-state index contributed by atoms with van der Waals surface area (Å²) < 4.78 is 2.07. The summed E-state index contributed by atoms with van der Waals surface area (Å²) in [6, 6.07) is 0.401. The fourth-order valence-electron chi connectivity index (χ4n) is 3.02. The van der Waals surface area contributed by atoms with E-state index in [1.165, 1.54) is 0 Å². The first-order chi connectivity index (χ1) is 10.5. The Hall–Kier alpha value is -1.85. The maximum Gasteiger partial charge on any atom is 0.225 e. The minimum atomic E-state index is -0.199. The zero-order valence-corrected chi connectivity index (χ0v) is 13.3. The third kappa shape index (κ3) is 3.31. The molecule has 6 nitrogen and oxygen atoms in total. The molecule has 2 amide bonds. The molecule has 1 atom stereocenters. The Balaban J connectivity index is 1.52. The molecular formula is C16H24N4O2. The normalized spacial score (nSPS) is 21.7. The van der Waals surface area contributed by atoms with E-state index in [2.05, 4.69) is 28.7 Å². The van der Waals surface area contributed by atoms with Gasteiger partial charge in [-0.1, -0.05) is 13.8 Å². The van der Waals surface area contributed by atoms with E-state index in [0.717, 1.165) is 25.1 Å². The highest BCUT2D eigenvalue weighted by Crippen LogP contribution is 2.32. The third-order valence-electron chi connectivity index (χ3n) is 4.32. The maximum absolute atomic E-state index is 12.3. The van der Waals surface area contributed by atoms with Gasteiger partial charge in [0.1, 0.15) is 0 Å². The molecule has 1 aliphatic carbocycles. The molecule has 1 saturated carbocycles. The molecule has 2 fully saturated rings. The molecule has 0 radical (unpaired) electrons. The topological polar surface area (TPSA) is 67.2 Å². The van der Waals surface area contributed by atoms with Crippen LogP contribution in [-0.4, -0.2) is 38.9 Å². The average Bonchev–Trinajstić information content (AvgIpc) is 3.10. The van der Waals surface area contributed by atoms with Gasteiger partial charge in [0.15, 0.2) is 0 Å². The molecule has 2 heterocycles. The third-order valence-corrected chi connectivity index (χ3v) is 4.32. The van der Waals surface area contributed by atoms with Crippen molar-refractivity contribution < 1.29 is 9.59 Å². The van der Waals surface area contributed by atoms with Gasteiger partial charge in [-0.05, 0) is 18.8 Å². The van der Waals surface area contributed by atoms with Crippen molar-refractivity contribution in [3.63, 3.8) is 0 Å². The zero-order chi connectivity index (χ0) is 15.7. The van der Waals surface area contributed by atoms with Crippen LogP contribution in [0.15, 0.2) is 12.5 Å². The molecule has 0 bridgehead atoms. The molecule has 120 valence electrons. The van der Waals surface area contributed by atoms with E-state index in [-0.39, 0.29) is 17.7 Å². The van der Waals surface area contributed by atoms with Gasteiger partial charge >= 0.3 is 0 Å². The summed E-state index contributed by atoms with van der Waals surface area (Å²) in [4.78, 5) is 30.2. The van der Waals surface area contributed by atoms with E-state index < -0.39 is 0 Å². The maximum atomic E-state index is 12.3. The second kappa shape index (κ2) is 6.10. The van der Waals surface area contributed by atoms with E-state index >= 15 is 0 Å². The van der Waals surface area contributed by atoms with Crippen LogP contribution in [0.1, 0.15) is 38.8 Å².